The third-order valence-corrected chi connectivity index (χ3v) is 5.86. The number of carbonyl (C=O) groups is 2. The highest BCUT2D eigenvalue weighted by molar-refractivity contribution is 5.95. The monoisotopic (exact) mass is 381 g/mol. The van der Waals surface area contributed by atoms with Crippen LogP contribution in [0.3, 0.4) is 0 Å². The Labute approximate surface area is 163 Å². The van der Waals surface area contributed by atoms with E-state index in [1.165, 1.54) is 17.7 Å². The van der Waals surface area contributed by atoms with Crippen molar-refractivity contribution in [1.82, 2.24) is 4.90 Å². The van der Waals surface area contributed by atoms with Crippen LogP contribution in [0.5, 0.6) is 0 Å². The second-order valence-electron chi connectivity index (χ2n) is 7.77. The molecule has 1 aliphatic heterocycles. The Kier molecular flexibility index (Phi) is 4.79. The molecule has 2 fully saturated rings. The van der Waals surface area contributed by atoms with E-state index < -0.39 is 0 Å². The van der Waals surface area contributed by atoms with Gasteiger partial charge in [0.05, 0.1) is 0 Å². The van der Waals surface area contributed by atoms with Crippen LogP contribution in [0.4, 0.5) is 20.6 Å². The molecule has 1 aliphatic carbocycles. The normalized spacial score (nSPS) is 22.9. The van der Waals surface area contributed by atoms with Crippen LogP contribution < -0.4 is 10.6 Å². The average molecular weight is 381 g/mol. The number of hydrogen-bond donors (Lipinski definition) is 2. The molecule has 1 saturated heterocycles. The van der Waals surface area contributed by atoms with E-state index in [2.05, 4.69) is 17.6 Å². The maximum atomic E-state index is 13.3. The second-order valence-corrected chi connectivity index (χ2v) is 7.77. The Balaban J connectivity index is 1.34. The Morgan fingerprint density at radius 1 is 1.14 bits per heavy atom. The zero-order valence-corrected chi connectivity index (χ0v) is 15.9. The van der Waals surface area contributed by atoms with Crippen molar-refractivity contribution < 1.29 is 14.0 Å². The molecule has 2 aromatic carbocycles. The number of aryl methyl sites for hydroxylation is 1. The molecule has 3 amide bonds. The molecule has 0 radical (unpaired) electrons. The van der Waals surface area contributed by atoms with Gasteiger partial charge in [-0.2, -0.15) is 0 Å². The van der Waals surface area contributed by atoms with E-state index in [1.54, 1.807) is 17.0 Å². The highest BCUT2D eigenvalue weighted by Gasteiger charge is 2.61. The van der Waals surface area contributed by atoms with E-state index in [-0.39, 0.29) is 29.1 Å². The first kappa shape index (κ1) is 18.5. The average Bonchev–Trinajstić information content (AvgIpc) is 3.21. The van der Waals surface area contributed by atoms with Crippen LogP contribution >= 0.6 is 0 Å². The molecular formula is C22H24FN3O2. The molecule has 5 nitrogen and oxygen atoms in total. The minimum atomic E-state index is -0.376. The van der Waals surface area contributed by atoms with Gasteiger partial charge >= 0.3 is 6.03 Å². The molecule has 0 unspecified atom stereocenters. The number of halogens is 1. The smallest absolute Gasteiger partial charge is 0.321 e. The predicted molar refractivity (Wildman–Crippen MR) is 107 cm³/mol. The molecule has 146 valence electrons. The summed E-state index contributed by atoms with van der Waals surface area (Å²) < 4.78 is 13.3. The molecule has 2 atom stereocenters. The van der Waals surface area contributed by atoms with E-state index in [4.69, 9.17) is 0 Å². The maximum Gasteiger partial charge on any atom is 0.321 e. The van der Waals surface area contributed by atoms with Crippen molar-refractivity contribution >= 4 is 23.3 Å². The SMILES string of the molecule is CCc1cccc(NC(=O)N2CC[C@]3(C[C@H]3C(=O)Nc3cccc(F)c3)C2)c1. The first-order chi connectivity index (χ1) is 13.5. The lowest BCUT2D eigenvalue weighted by atomic mass is 10.0. The third-order valence-electron chi connectivity index (χ3n) is 5.86. The van der Waals surface area contributed by atoms with E-state index in [0.717, 1.165) is 24.9 Å². The standard InChI is InChI=1S/C22H24FN3O2/c1-2-15-5-3-7-17(11-15)25-21(28)26-10-9-22(14-26)13-19(22)20(27)24-18-8-4-6-16(23)12-18/h3-8,11-12,19H,2,9-10,13-14H2,1H3,(H,24,27)(H,25,28)/t19-,22-/m0/s1. The molecule has 4 rings (SSSR count). The van der Waals surface area contributed by atoms with E-state index in [9.17, 15) is 14.0 Å². The number of hydrogen-bond acceptors (Lipinski definition) is 2. The van der Waals surface area contributed by atoms with Crippen molar-refractivity contribution in [2.45, 2.75) is 26.2 Å². The summed E-state index contributed by atoms with van der Waals surface area (Å²) >= 11 is 0. The van der Waals surface area contributed by atoms with Gasteiger partial charge in [-0.3, -0.25) is 4.79 Å². The summed E-state index contributed by atoms with van der Waals surface area (Å²) in [6.45, 7) is 3.30. The van der Waals surface area contributed by atoms with Gasteiger partial charge in [0.2, 0.25) is 5.91 Å². The quantitative estimate of drug-likeness (QED) is 0.831. The highest BCUT2D eigenvalue weighted by Crippen LogP contribution is 2.58. The fourth-order valence-electron chi connectivity index (χ4n) is 4.11. The summed E-state index contributed by atoms with van der Waals surface area (Å²) in [4.78, 5) is 26.9. The summed E-state index contributed by atoms with van der Waals surface area (Å²) in [5.74, 6) is -0.598. The van der Waals surface area contributed by atoms with Crippen molar-refractivity contribution in [1.29, 1.82) is 0 Å². The Morgan fingerprint density at radius 2 is 1.89 bits per heavy atom. The van der Waals surface area contributed by atoms with Gasteiger partial charge in [-0.1, -0.05) is 25.1 Å². The van der Waals surface area contributed by atoms with E-state index in [0.29, 0.717) is 18.8 Å². The van der Waals surface area contributed by atoms with Crippen LogP contribution in [-0.2, 0) is 11.2 Å². The van der Waals surface area contributed by atoms with Crippen LogP contribution in [0.1, 0.15) is 25.3 Å². The second kappa shape index (κ2) is 7.26. The van der Waals surface area contributed by atoms with Crippen molar-refractivity contribution in [2.24, 2.45) is 11.3 Å². The fraction of sp³-hybridized carbons (Fsp3) is 0.364. The predicted octanol–water partition coefficient (Wildman–Crippen LogP) is 4.27. The van der Waals surface area contributed by atoms with Crippen LogP contribution in [0.15, 0.2) is 48.5 Å². The molecule has 2 aliphatic rings. The summed E-state index contributed by atoms with van der Waals surface area (Å²) in [5.41, 5.74) is 2.30. The van der Waals surface area contributed by atoms with Gasteiger partial charge in [-0.05, 0) is 55.2 Å². The third kappa shape index (κ3) is 3.72. The molecule has 2 aromatic rings. The van der Waals surface area contributed by atoms with Gasteiger partial charge in [0, 0.05) is 35.8 Å². The first-order valence-electron chi connectivity index (χ1n) is 9.70. The van der Waals surface area contributed by atoms with Crippen LogP contribution in [0, 0.1) is 17.2 Å². The van der Waals surface area contributed by atoms with Crippen molar-refractivity contribution in [3.63, 3.8) is 0 Å². The highest BCUT2D eigenvalue weighted by atomic mass is 19.1. The van der Waals surface area contributed by atoms with Crippen LogP contribution in [0.25, 0.3) is 0 Å². The largest absolute Gasteiger partial charge is 0.326 e. The molecule has 28 heavy (non-hydrogen) atoms. The number of urea groups is 1. The lowest BCUT2D eigenvalue weighted by Crippen LogP contribution is -2.33. The summed E-state index contributed by atoms with van der Waals surface area (Å²) in [7, 11) is 0. The zero-order chi connectivity index (χ0) is 19.7. The number of carbonyl (C=O) groups excluding carboxylic acids is 2. The van der Waals surface area contributed by atoms with Crippen molar-refractivity contribution in [2.75, 3.05) is 23.7 Å². The molecule has 1 heterocycles. The lowest BCUT2D eigenvalue weighted by Gasteiger charge is -2.18. The van der Waals surface area contributed by atoms with Crippen molar-refractivity contribution in [3.8, 4) is 0 Å². The zero-order valence-electron chi connectivity index (χ0n) is 15.9. The van der Waals surface area contributed by atoms with E-state index in [1.807, 2.05) is 24.3 Å². The maximum absolute atomic E-state index is 13.3. The fourth-order valence-corrected chi connectivity index (χ4v) is 4.11. The number of rotatable bonds is 4. The molecule has 2 N–H and O–H groups in total. The van der Waals surface area contributed by atoms with Crippen molar-refractivity contribution in [3.05, 3.63) is 59.9 Å². The van der Waals surface area contributed by atoms with Gasteiger partial charge in [0.1, 0.15) is 5.82 Å². The molecule has 6 heteroatoms. The summed E-state index contributed by atoms with van der Waals surface area (Å²) in [5, 5.41) is 5.75. The topological polar surface area (TPSA) is 61.4 Å². The number of anilines is 2. The number of nitrogens with zero attached hydrogens (tertiary/aromatic N) is 1. The number of amides is 3. The van der Waals surface area contributed by atoms with Crippen LogP contribution in [0.2, 0.25) is 0 Å². The first-order valence-corrected chi connectivity index (χ1v) is 9.70. The van der Waals surface area contributed by atoms with Crippen LogP contribution in [-0.4, -0.2) is 29.9 Å². The van der Waals surface area contributed by atoms with Gasteiger partial charge in [-0.25, -0.2) is 9.18 Å². The number of nitrogens with one attached hydrogen (secondary N) is 2. The molecular weight excluding hydrogens is 357 g/mol. The minimum absolute atomic E-state index is 0.0940. The molecule has 0 aromatic heterocycles. The lowest BCUT2D eigenvalue weighted by molar-refractivity contribution is -0.118. The Hall–Kier alpha value is -2.89. The Bertz CT molecular complexity index is 916. The molecule has 0 bridgehead atoms. The number of benzene rings is 2. The van der Waals surface area contributed by atoms with E-state index >= 15 is 0 Å². The summed E-state index contributed by atoms with van der Waals surface area (Å²) in [6.07, 6.45) is 2.50. The number of likely N-dealkylation sites (tertiary alicyclic amines) is 1. The summed E-state index contributed by atoms with van der Waals surface area (Å²) in [6, 6.07) is 13.6. The molecule has 1 spiro atoms. The Morgan fingerprint density at radius 3 is 2.64 bits per heavy atom. The van der Waals surface area contributed by atoms with Gasteiger partial charge in [0.25, 0.3) is 0 Å². The van der Waals surface area contributed by atoms with Gasteiger partial charge in [-0.15, -0.1) is 0 Å². The van der Waals surface area contributed by atoms with Gasteiger partial charge < -0.3 is 15.5 Å². The molecule has 1 saturated carbocycles. The van der Waals surface area contributed by atoms with Gasteiger partial charge in [0.15, 0.2) is 0 Å². The minimum Gasteiger partial charge on any atom is -0.326 e.